The predicted octanol–water partition coefficient (Wildman–Crippen LogP) is 3.83. The summed E-state index contributed by atoms with van der Waals surface area (Å²) in [5.41, 5.74) is 2.73. The van der Waals surface area contributed by atoms with Gasteiger partial charge in [0.25, 0.3) is 0 Å². The van der Waals surface area contributed by atoms with Crippen molar-refractivity contribution in [2.45, 2.75) is 6.54 Å². The maximum Gasteiger partial charge on any atom is 0.128 e. The smallest absolute Gasteiger partial charge is 0.128 e. The van der Waals surface area contributed by atoms with Crippen LogP contribution in [0.1, 0.15) is 11.1 Å². The number of rotatable bonds is 4. The second-order valence-corrected chi connectivity index (χ2v) is 4.93. The second-order valence-electron chi connectivity index (χ2n) is 4.93. The zero-order valence-electron chi connectivity index (χ0n) is 12.2. The largest absolute Gasteiger partial charge is 0.334 e. The Hall–Kier alpha value is -3.26. The van der Waals surface area contributed by atoms with Crippen molar-refractivity contribution in [1.29, 1.82) is 5.26 Å². The first-order chi connectivity index (χ1) is 11.3. The van der Waals surface area contributed by atoms with Crippen LogP contribution < -0.4 is 4.90 Å². The Morgan fingerprint density at radius 1 is 0.957 bits per heavy atom. The molecule has 2 aromatic carbocycles. The normalized spacial score (nSPS) is 10.1. The van der Waals surface area contributed by atoms with Crippen LogP contribution in [-0.4, -0.2) is 9.97 Å². The van der Waals surface area contributed by atoms with Crippen LogP contribution in [0.4, 0.5) is 15.8 Å². The average molecular weight is 304 g/mol. The van der Waals surface area contributed by atoms with Gasteiger partial charge in [-0.25, -0.2) is 14.4 Å². The molecule has 0 N–H and O–H groups in total. The molecule has 3 aromatic rings. The Labute approximate surface area is 133 Å². The van der Waals surface area contributed by atoms with E-state index in [1.165, 1.54) is 12.4 Å². The standard InChI is InChI=1S/C18H13FN4/c19-18-4-2-1-3-15(18)12-23(17-10-21-13-22-11-17)16-7-5-14(9-20)6-8-16/h1-8,10-11,13H,12H2. The van der Waals surface area contributed by atoms with E-state index in [2.05, 4.69) is 16.0 Å². The van der Waals surface area contributed by atoms with Gasteiger partial charge in [0.2, 0.25) is 0 Å². The predicted molar refractivity (Wildman–Crippen MR) is 85.4 cm³/mol. The molecule has 0 saturated carbocycles. The van der Waals surface area contributed by atoms with Crippen molar-refractivity contribution < 1.29 is 4.39 Å². The van der Waals surface area contributed by atoms with Crippen LogP contribution in [0, 0.1) is 17.1 Å². The fourth-order valence-corrected chi connectivity index (χ4v) is 2.28. The number of hydrogen-bond acceptors (Lipinski definition) is 4. The molecule has 0 bridgehead atoms. The van der Waals surface area contributed by atoms with E-state index in [4.69, 9.17) is 5.26 Å². The zero-order valence-corrected chi connectivity index (χ0v) is 12.2. The molecular weight excluding hydrogens is 291 g/mol. The number of halogens is 1. The lowest BCUT2D eigenvalue weighted by atomic mass is 10.1. The molecule has 0 aliphatic carbocycles. The van der Waals surface area contributed by atoms with E-state index < -0.39 is 0 Å². The highest BCUT2D eigenvalue weighted by Crippen LogP contribution is 2.27. The van der Waals surface area contributed by atoms with Crippen LogP contribution in [0.3, 0.4) is 0 Å². The van der Waals surface area contributed by atoms with Gasteiger partial charge in [-0.05, 0) is 30.3 Å². The van der Waals surface area contributed by atoms with E-state index in [-0.39, 0.29) is 5.82 Å². The fraction of sp³-hybridized carbons (Fsp3) is 0.0556. The van der Waals surface area contributed by atoms with Crippen LogP contribution in [0.25, 0.3) is 0 Å². The summed E-state index contributed by atoms with van der Waals surface area (Å²) >= 11 is 0. The van der Waals surface area contributed by atoms with Crippen LogP contribution in [0.15, 0.2) is 67.3 Å². The molecule has 0 saturated heterocycles. The minimum Gasteiger partial charge on any atom is -0.334 e. The van der Waals surface area contributed by atoms with Gasteiger partial charge in [0.1, 0.15) is 12.1 Å². The lowest BCUT2D eigenvalue weighted by Crippen LogP contribution is -2.17. The quantitative estimate of drug-likeness (QED) is 0.735. The third kappa shape index (κ3) is 3.33. The van der Waals surface area contributed by atoms with E-state index in [0.29, 0.717) is 17.7 Å². The number of benzene rings is 2. The van der Waals surface area contributed by atoms with Crippen molar-refractivity contribution in [2.24, 2.45) is 0 Å². The third-order valence-electron chi connectivity index (χ3n) is 3.45. The maximum absolute atomic E-state index is 14.0. The van der Waals surface area contributed by atoms with Gasteiger partial charge < -0.3 is 4.90 Å². The summed E-state index contributed by atoms with van der Waals surface area (Å²) in [6.45, 7) is 0.339. The highest BCUT2D eigenvalue weighted by atomic mass is 19.1. The van der Waals surface area contributed by atoms with Gasteiger partial charge in [-0.15, -0.1) is 0 Å². The van der Waals surface area contributed by atoms with Gasteiger partial charge in [0, 0.05) is 11.3 Å². The molecule has 0 spiro atoms. The lowest BCUT2D eigenvalue weighted by Gasteiger charge is -2.24. The molecule has 0 aliphatic heterocycles. The molecule has 1 heterocycles. The highest BCUT2D eigenvalue weighted by molar-refractivity contribution is 5.62. The number of anilines is 2. The monoisotopic (exact) mass is 304 g/mol. The number of nitrogens with zero attached hydrogens (tertiary/aromatic N) is 4. The summed E-state index contributed by atoms with van der Waals surface area (Å²) in [5.74, 6) is -0.261. The molecular formula is C18H13FN4. The van der Waals surface area contributed by atoms with E-state index in [1.807, 2.05) is 17.0 Å². The van der Waals surface area contributed by atoms with Crippen molar-refractivity contribution in [3.8, 4) is 6.07 Å². The van der Waals surface area contributed by atoms with Gasteiger partial charge in [-0.3, -0.25) is 0 Å². The molecule has 0 radical (unpaired) electrons. The molecule has 4 nitrogen and oxygen atoms in total. The second kappa shape index (κ2) is 6.67. The summed E-state index contributed by atoms with van der Waals surface area (Å²) in [4.78, 5) is 9.96. The third-order valence-corrected chi connectivity index (χ3v) is 3.45. The first-order valence-electron chi connectivity index (χ1n) is 7.04. The number of hydrogen-bond donors (Lipinski definition) is 0. The van der Waals surface area contributed by atoms with Gasteiger partial charge in [0.15, 0.2) is 0 Å². The number of nitriles is 1. The molecule has 5 heteroatoms. The minimum absolute atomic E-state index is 0.261. The number of aromatic nitrogens is 2. The highest BCUT2D eigenvalue weighted by Gasteiger charge is 2.13. The summed E-state index contributed by atoms with van der Waals surface area (Å²) in [6, 6.07) is 15.8. The molecule has 3 rings (SSSR count). The van der Waals surface area contributed by atoms with Crippen LogP contribution in [0.5, 0.6) is 0 Å². The first-order valence-corrected chi connectivity index (χ1v) is 7.04. The molecule has 112 valence electrons. The van der Waals surface area contributed by atoms with E-state index in [0.717, 1.165) is 11.4 Å². The molecule has 0 fully saturated rings. The molecule has 0 atom stereocenters. The topological polar surface area (TPSA) is 52.8 Å². The van der Waals surface area contributed by atoms with Gasteiger partial charge in [0.05, 0.1) is 36.3 Å². The summed E-state index contributed by atoms with van der Waals surface area (Å²) in [5, 5.41) is 8.92. The van der Waals surface area contributed by atoms with E-state index in [1.54, 1.807) is 42.7 Å². The van der Waals surface area contributed by atoms with E-state index >= 15 is 0 Å². The zero-order chi connectivity index (χ0) is 16.1. The van der Waals surface area contributed by atoms with E-state index in [9.17, 15) is 4.39 Å². The van der Waals surface area contributed by atoms with Crippen molar-refractivity contribution in [3.05, 3.63) is 84.2 Å². The lowest BCUT2D eigenvalue weighted by molar-refractivity contribution is 0.609. The Bertz CT molecular complexity index is 826. The molecule has 0 amide bonds. The fourth-order valence-electron chi connectivity index (χ4n) is 2.28. The van der Waals surface area contributed by atoms with Crippen molar-refractivity contribution in [3.63, 3.8) is 0 Å². The molecule has 0 aliphatic rings. The van der Waals surface area contributed by atoms with Gasteiger partial charge in [-0.1, -0.05) is 18.2 Å². The Balaban J connectivity index is 2.00. The Kier molecular flexibility index (Phi) is 4.25. The SMILES string of the molecule is N#Cc1ccc(N(Cc2ccccc2F)c2cncnc2)cc1. The van der Waals surface area contributed by atoms with Crippen LogP contribution >= 0.6 is 0 Å². The average Bonchev–Trinajstić information content (AvgIpc) is 2.62. The Morgan fingerprint density at radius 2 is 1.65 bits per heavy atom. The minimum atomic E-state index is -0.261. The van der Waals surface area contributed by atoms with Crippen molar-refractivity contribution in [1.82, 2.24) is 9.97 Å². The Morgan fingerprint density at radius 3 is 2.30 bits per heavy atom. The first kappa shape index (κ1) is 14.7. The molecule has 1 aromatic heterocycles. The molecule has 23 heavy (non-hydrogen) atoms. The summed E-state index contributed by atoms with van der Waals surface area (Å²) in [6.07, 6.45) is 4.79. The van der Waals surface area contributed by atoms with Gasteiger partial charge >= 0.3 is 0 Å². The van der Waals surface area contributed by atoms with Crippen LogP contribution in [-0.2, 0) is 6.54 Å². The van der Waals surface area contributed by atoms with Gasteiger partial charge in [-0.2, -0.15) is 5.26 Å². The summed E-state index contributed by atoms with van der Waals surface area (Å²) < 4.78 is 14.0. The van der Waals surface area contributed by atoms with Crippen LogP contribution in [0.2, 0.25) is 0 Å². The maximum atomic E-state index is 14.0. The molecule has 0 unspecified atom stereocenters. The van der Waals surface area contributed by atoms with Crippen molar-refractivity contribution in [2.75, 3.05) is 4.90 Å². The summed E-state index contributed by atoms with van der Waals surface area (Å²) in [7, 11) is 0. The van der Waals surface area contributed by atoms with Crippen molar-refractivity contribution >= 4 is 11.4 Å².